The molecule has 1 amide bonds. The Hall–Kier alpha value is -3.20. The van der Waals surface area contributed by atoms with Gasteiger partial charge in [0.25, 0.3) is 0 Å². The summed E-state index contributed by atoms with van der Waals surface area (Å²) in [6, 6.07) is 13.3. The number of fused-ring (bicyclic) bond motifs is 1. The molecule has 0 radical (unpaired) electrons. The Morgan fingerprint density at radius 1 is 1.18 bits per heavy atom. The van der Waals surface area contributed by atoms with E-state index in [1.807, 2.05) is 47.0 Å². The van der Waals surface area contributed by atoms with Crippen LogP contribution in [0.3, 0.4) is 0 Å². The minimum atomic E-state index is -0.151. The van der Waals surface area contributed by atoms with Crippen molar-refractivity contribution in [2.24, 2.45) is 5.92 Å². The Morgan fingerprint density at radius 3 is 2.76 bits per heavy atom. The molecule has 3 aromatic rings. The van der Waals surface area contributed by atoms with Crippen LogP contribution in [-0.4, -0.2) is 46.7 Å². The van der Waals surface area contributed by atoms with Crippen LogP contribution in [0.1, 0.15) is 31.9 Å². The summed E-state index contributed by atoms with van der Waals surface area (Å²) in [5.74, 6) is 2.50. The maximum Gasteiger partial charge on any atom is 0.230 e. The standard InChI is InChI=1S/C24H28N4O4S/c1-16(2)23(17-9-10-20-21(13-17)32-12-6-11-31-20)26-22(29)14-33-24-27-25-15-28(24)18-7-4-5-8-19(18)30-3/h4-5,7-10,13,15-16,23H,6,11-12,14H2,1-3H3,(H,26,29)/t23-/m1/s1. The number of hydrogen-bond acceptors (Lipinski definition) is 7. The van der Waals surface area contributed by atoms with Crippen LogP contribution in [0.25, 0.3) is 5.69 Å². The molecule has 0 bridgehead atoms. The number of carbonyl (C=O) groups is 1. The summed E-state index contributed by atoms with van der Waals surface area (Å²) >= 11 is 1.33. The van der Waals surface area contributed by atoms with E-state index in [0.29, 0.717) is 24.1 Å². The summed E-state index contributed by atoms with van der Waals surface area (Å²) in [4.78, 5) is 12.9. The minimum absolute atomic E-state index is 0.0830. The molecule has 0 fully saturated rings. The molecule has 1 aliphatic rings. The lowest BCUT2D eigenvalue weighted by Gasteiger charge is -2.24. The lowest BCUT2D eigenvalue weighted by atomic mass is 9.95. The molecule has 1 N–H and O–H groups in total. The first-order chi connectivity index (χ1) is 16.1. The molecule has 4 rings (SSSR count). The van der Waals surface area contributed by atoms with Gasteiger partial charge in [0.1, 0.15) is 12.1 Å². The van der Waals surface area contributed by atoms with Gasteiger partial charge in [-0.25, -0.2) is 0 Å². The van der Waals surface area contributed by atoms with Gasteiger partial charge in [-0.1, -0.05) is 43.8 Å². The number of amides is 1. The van der Waals surface area contributed by atoms with E-state index in [1.165, 1.54) is 11.8 Å². The van der Waals surface area contributed by atoms with E-state index >= 15 is 0 Å². The van der Waals surface area contributed by atoms with Gasteiger partial charge in [0.2, 0.25) is 5.91 Å². The SMILES string of the molecule is COc1ccccc1-n1cnnc1SCC(=O)N[C@@H](c1ccc2c(c1)OCCCO2)C(C)C. The molecule has 174 valence electrons. The molecule has 9 heteroatoms. The molecule has 0 spiro atoms. The predicted molar refractivity (Wildman–Crippen MR) is 126 cm³/mol. The molecule has 1 aromatic heterocycles. The zero-order chi connectivity index (χ0) is 23.2. The Morgan fingerprint density at radius 2 is 1.97 bits per heavy atom. The van der Waals surface area contributed by atoms with E-state index in [0.717, 1.165) is 29.2 Å². The Labute approximate surface area is 197 Å². The third-order valence-corrected chi connectivity index (χ3v) is 6.25. The van der Waals surface area contributed by atoms with E-state index in [4.69, 9.17) is 14.2 Å². The number of nitrogens with one attached hydrogen (secondary N) is 1. The van der Waals surface area contributed by atoms with Crippen LogP contribution in [0.5, 0.6) is 17.2 Å². The van der Waals surface area contributed by atoms with Crippen LogP contribution in [0.2, 0.25) is 0 Å². The first kappa shape index (κ1) is 23.0. The number of rotatable bonds is 8. The number of hydrogen-bond donors (Lipinski definition) is 1. The smallest absolute Gasteiger partial charge is 0.230 e. The highest BCUT2D eigenvalue weighted by molar-refractivity contribution is 7.99. The van der Waals surface area contributed by atoms with Crippen LogP contribution in [0, 0.1) is 5.92 Å². The highest BCUT2D eigenvalue weighted by Crippen LogP contribution is 2.34. The van der Waals surface area contributed by atoms with E-state index in [1.54, 1.807) is 13.4 Å². The number of ether oxygens (including phenoxy) is 3. The zero-order valence-electron chi connectivity index (χ0n) is 19.0. The Balaban J connectivity index is 1.44. The molecule has 0 saturated heterocycles. The van der Waals surface area contributed by atoms with Crippen molar-refractivity contribution in [3.05, 3.63) is 54.4 Å². The van der Waals surface area contributed by atoms with Crippen molar-refractivity contribution in [1.82, 2.24) is 20.1 Å². The highest BCUT2D eigenvalue weighted by Gasteiger charge is 2.22. The van der Waals surface area contributed by atoms with Crippen LogP contribution >= 0.6 is 11.8 Å². The number of methoxy groups -OCH3 is 1. The van der Waals surface area contributed by atoms with E-state index in [2.05, 4.69) is 29.4 Å². The number of nitrogens with zero attached hydrogens (tertiary/aromatic N) is 3. The molecular formula is C24H28N4O4S. The number of para-hydroxylation sites is 2. The zero-order valence-corrected chi connectivity index (χ0v) is 19.8. The monoisotopic (exact) mass is 468 g/mol. The largest absolute Gasteiger partial charge is 0.495 e. The van der Waals surface area contributed by atoms with Gasteiger partial charge >= 0.3 is 0 Å². The summed E-state index contributed by atoms with van der Waals surface area (Å²) < 4.78 is 18.8. The molecular weight excluding hydrogens is 440 g/mol. The second-order valence-electron chi connectivity index (χ2n) is 7.99. The van der Waals surface area contributed by atoms with Gasteiger partial charge in [-0.05, 0) is 35.7 Å². The molecule has 0 unspecified atom stereocenters. The highest BCUT2D eigenvalue weighted by atomic mass is 32.2. The fourth-order valence-electron chi connectivity index (χ4n) is 3.67. The minimum Gasteiger partial charge on any atom is -0.495 e. The van der Waals surface area contributed by atoms with E-state index < -0.39 is 0 Å². The summed E-state index contributed by atoms with van der Waals surface area (Å²) in [6.07, 6.45) is 2.47. The van der Waals surface area contributed by atoms with Crippen LogP contribution < -0.4 is 19.5 Å². The van der Waals surface area contributed by atoms with Gasteiger partial charge in [0.05, 0.1) is 37.8 Å². The van der Waals surface area contributed by atoms with Crippen molar-refractivity contribution in [3.63, 3.8) is 0 Å². The Bertz CT molecular complexity index is 1100. The quantitative estimate of drug-likeness (QED) is 0.499. The lowest BCUT2D eigenvalue weighted by molar-refractivity contribution is -0.119. The summed E-state index contributed by atoms with van der Waals surface area (Å²) in [6.45, 7) is 5.44. The number of aromatic nitrogens is 3. The van der Waals surface area contributed by atoms with E-state index in [9.17, 15) is 4.79 Å². The average Bonchev–Trinajstić information content (AvgIpc) is 3.17. The number of benzene rings is 2. The molecule has 8 nitrogen and oxygen atoms in total. The third-order valence-electron chi connectivity index (χ3n) is 5.31. The molecule has 1 atom stereocenters. The first-order valence-corrected chi connectivity index (χ1v) is 11.9. The molecule has 2 heterocycles. The molecule has 0 aliphatic carbocycles. The number of thioether (sulfide) groups is 1. The van der Waals surface area contributed by atoms with Gasteiger partial charge in [0, 0.05) is 6.42 Å². The summed E-state index contributed by atoms with van der Waals surface area (Å²) in [7, 11) is 1.62. The van der Waals surface area contributed by atoms with Crippen molar-refractivity contribution < 1.29 is 19.0 Å². The van der Waals surface area contributed by atoms with Crippen LogP contribution in [0.15, 0.2) is 53.9 Å². The lowest BCUT2D eigenvalue weighted by Crippen LogP contribution is -2.33. The first-order valence-electron chi connectivity index (χ1n) is 10.9. The maximum atomic E-state index is 12.9. The molecule has 0 saturated carbocycles. The molecule has 33 heavy (non-hydrogen) atoms. The summed E-state index contributed by atoms with van der Waals surface area (Å²) in [5.41, 5.74) is 1.81. The van der Waals surface area contributed by atoms with Crippen LogP contribution in [-0.2, 0) is 4.79 Å². The third kappa shape index (κ3) is 5.42. The van der Waals surface area contributed by atoms with Crippen molar-refractivity contribution in [2.45, 2.75) is 31.5 Å². The fourth-order valence-corrected chi connectivity index (χ4v) is 4.40. The van der Waals surface area contributed by atoms with E-state index in [-0.39, 0.29) is 23.6 Å². The maximum absolute atomic E-state index is 12.9. The number of carbonyl (C=O) groups excluding carboxylic acids is 1. The topological polar surface area (TPSA) is 87.5 Å². The van der Waals surface area contributed by atoms with Gasteiger partial charge in [0.15, 0.2) is 16.7 Å². The average molecular weight is 469 g/mol. The second kappa shape index (κ2) is 10.6. The molecule has 1 aliphatic heterocycles. The fraction of sp³-hybridized carbons (Fsp3) is 0.375. The Kier molecular flexibility index (Phi) is 7.39. The van der Waals surface area contributed by atoms with Gasteiger partial charge < -0.3 is 19.5 Å². The van der Waals surface area contributed by atoms with Crippen LogP contribution in [0.4, 0.5) is 0 Å². The molecule has 2 aromatic carbocycles. The second-order valence-corrected chi connectivity index (χ2v) is 8.93. The normalized spacial score (nSPS) is 13.9. The van der Waals surface area contributed by atoms with Gasteiger partial charge in [-0.3, -0.25) is 9.36 Å². The van der Waals surface area contributed by atoms with Crippen molar-refractivity contribution >= 4 is 17.7 Å². The summed E-state index contributed by atoms with van der Waals surface area (Å²) in [5, 5.41) is 12.0. The van der Waals surface area contributed by atoms with Crippen molar-refractivity contribution in [3.8, 4) is 22.9 Å². The van der Waals surface area contributed by atoms with Crippen molar-refractivity contribution in [1.29, 1.82) is 0 Å². The van der Waals surface area contributed by atoms with Gasteiger partial charge in [-0.2, -0.15) is 0 Å². The van der Waals surface area contributed by atoms with Gasteiger partial charge in [-0.15, -0.1) is 10.2 Å². The predicted octanol–water partition coefficient (Wildman–Crippen LogP) is 4.04. The van der Waals surface area contributed by atoms with Crippen molar-refractivity contribution in [2.75, 3.05) is 26.1 Å².